The zero-order chi connectivity index (χ0) is 12.8. The number of halogens is 2. The molecule has 0 radical (unpaired) electrons. The molecule has 0 amide bonds. The van der Waals surface area contributed by atoms with Gasteiger partial charge in [0.1, 0.15) is 5.82 Å². The van der Waals surface area contributed by atoms with Gasteiger partial charge in [0, 0.05) is 6.07 Å². The normalized spacial score (nSPS) is 11.8. The molecule has 0 aliphatic heterocycles. The van der Waals surface area contributed by atoms with Gasteiger partial charge < -0.3 is 10.6 Å². The second-order valence-electron chi connectivity index (χ2n) is 2.86. The average Bonchev–Trinajstić information content (AvgIpc) is 2.31. The number of hydrogen-bond acceptors (Lipinski definition) is 5. The zero-order valence-electron chi connectivity index (χ0n) is 8.85. The third kappa shape index (κ3) is 3.33. The number of methoxy groups -OCH3 is 1. The molecule has 1 rings (SSSR count). The minimum Gasteiger partial charge on any atom is -0.464 e. The van der Waals surface area contributed by atoms with Crippen molar-refractivity contribution in [2.45, 2.75) is 0 Å². The number of ether oxygens (including phenoxy) is 1. The van der Waals surface area contributed by atoms with Crippen molar-refractivity contribution in [1.82, 2.24) is 0 Å². The van der Waals surface area contributed by atoms with E-state index in [1.807, 2.05) is 0 Å². The van der Waals surface area contributed by atoms with Crippen LogP contribution in [0.2, 0.25) is 0 Å². The van der Waals surface area contributed by atoms with Crippen LogP contribution in [-0.4, -0.2) is 25.0 Å². The number of esters is 1. The third-order valence-corrected chi connectivity index (χ3v) is 1.77. The molecule has 5 nitrogen and oxygen atoms in total. The highest BCUT2D eigenvalue weighted by molar-refractivity contribution is 6.59. The van der Waals surface area contributed by atoms with Gasteiger partial charge in [-0.2, -0.15) is 5.10 Å². The lowest BCUT2D eigenvalue weighted by molar-refractivity contribution is -0.132. The molecule has 0 aromatic heterocycles. The highest BCUT2D eigenvalue weighted by atomic mass is 19.1. The second-order valence-corrected chi connectivity index (χ2v) is 2.86. The number of rotatable bonds is 3. The number of benzene rings is 1. The number of nitrogens with two attached hydrogens (primary N) is 1. The molecular weight excluding hydrogens is 232 g/mol. The van der Waals surface area contributed by atoms with Crippen LogP contribution in [0, 0.1) is 11.6 Å². The number of nitrogens with zero attached hydrogens (tertiary/aromatic N) is 2. The lowest BCUT2D eigenvalue weighted by Crippen LogP contribution is -2.18. The number of hydrogen-bond donors (Lipinski definition) is 1. The standard InChI is InChI=1S/C10H9F2N3O2/c1-17-10(16)9(15-13)5-14-8-3-2-6(11)4-7(8)12/h2-5H,13H2,1H3/b14-5?,15-9+. The van der Waals surface area contributed by atoms with Gasteiger partial charge in [0.15, 0.2) is 11.5 Å². The van der Waals surface area contributed by atoms with Crippen LogP contribution < -0.4 is 5.84 Å². The zero-order valence-corrected chi connectivity index (χ0v) is 8.85. The number of carbonyl (C=O) groups is 1. The van der Waals surface area contributed by atoms with E-state index >= 15 is 0 Å². The van der Waals surface area contributed by atoms with Crippen LogP contribution in [0.5, 0.6) is 0 Å². The molecule has 7 heteroatoms. The van der Waals surface area contributed by atoms with E-state index in [1.54, 1.807) is 0 Å². The first-order valence-electron chi connectivity index (χ1n) is 4.43. The molecule has 1 aromatic rings. The van der Waals surface area contributed by atoms with Crippen molar-refractivity contribution in [2.24, 2.45) is 15.9 Å². The van der Waals surface area contributed by atoms with E-state index in [2.05, 4.69) is 14.8 Å². The van der Waals surface area contributed by atoms with Gasteiger partial charge in [-0.05, 0) is 12.1 Å². The Morgan fingerprint density at radius 2 is 2.18 bits per heavy atom. The highest BCUT2D eigenvalue weighted by Crippen LogP contribution is 2.17. The van der Waals surface area contributed by atoms with Crippen molar-refractivity contribution in [1.29, 1.82) is 0 Å². The Morgan fingerprint density at radius 3 is 2.71 bits per heavy atom. The second kappa shape index (κ2) is 5.69. The average molecular weight is 241 g/mol. The predicted octanol–water partition coefficient (Wildman–Crippen LogP) is 1.15. The van der Waals surface area contributed by atoms with Crippen LogP contribution in [-0.2, 0) is 9.53 Å². The van der Waals surface area contributed by atoms with Crippen LogP contribution in [0.15, 0.2) is 28.3 Å². The van der Waals surface area contributed by atoms with Gasteiger partial charge in [0.05, 0.1) is 19.0 Å². The molecule has 0 heterocycles. The number of aliphatic imine (C=N–C) groups is 1. The van der Waals surface area contributed by atoms with Gasteiger partial charge in [-0.3, -0.25) is 4.99 Å². The molecule has 17 heavy (non-hydrogen) atoms. The summed E-state index contributed by atoms with van der Waals surface area (Å²) in [5, 5.41) is 3.12. The van der Waals surface area contributed by atoms with E-state index in [9.17, 15) is 13.6 Å². The summed E-state index contributed by atoms with van der Waals surface area (Å²) < 4.78 is 30.1. The minimum atomic E-state index is -0.859. The molecule has 0 spiro atoms. The fourth-order valence-electron chi connectivity index (χ4n) is 0.960. The summed E-state index contributed by atoms with van der Waals surface area (Å²) in [7, 11) is 1.14. The molecule has 0 saturated carbocycles. The van der Waals surface area contributed by atoms with E-state index in [0.717, 1.165) is 25.5 Å². The van der Waals surface area contributed by atoms with Crippen molar-refractivity contribution in [2.75, 3.05) is 7.11 Å². The summed E-state index contributed by atoms with van der Waals surface area (Å²) in [6, 6.07) is 2.82. The van der Waals surface area contributed by atoms with Gasteiger partial charge in [-0.1, -0.05) is 0 Å². The molecule has 1 aromatic carbocycles. The Bertz CT molecular complexity index is 486. The van der Waals surface area contributed by atoms with E-state index in [-0.39, 0.29) is 11.4 Å². The molecule has 0 fully saturated rings. The minimum absolute atomic E-state index is 0.142. The first-order chi connectivity index (χ1) is 8.08. The predicted molar refractivity (Wildman–Crippen MR) is 58.1 cm³/mol. The fourth-order valence-corrected chi connectivity index (χ4v) is 0.960. The summed E-state index contributed by atoms with van der Waals surface area (Å²) in [5.41, 5.74) is -0.423. The fraction of sp³-hybridized carbons (Fsp3) is 0.100. The Hall–Kier alpha value is -2.31. The van der Waals surface area contributed by atoms with E-state index in [1.165, 1.54) is 0 Å². The quantitative estimate of drug-likeness (QED) is 0.373. The maximum atomic E-state index is 13.1. The molecule has 90 valence electrons. The SMILES string of the molecule is COC(=O)/C(C=Nc1ccc(F)cc1F)=N/N. The Kier molecular flexibility index (Phi) is 4.27. The van der Waals surface area contributed by atoms with E-state index in [0.29, 0.717) is 6.07 Å². The highest BCUT2D eigenvalue weighted by Gasteiger charge is 2.09. The van der Waals surface area contributed by atoms with Crippen LogP contribution in [0.1, 0.15) is 0 Å². The van der Waals surface area contributed by atoms with Gasteiger partial charge in [-0.25, -0.2) is 13.6 Å². The maximum Gasteiger partial charge on any atom is 0.360 e. The lowest BCUT2D eigenvalue weighted by atomic mass is 10.3. The monoisotopic (exact) mass is 241 g/mol. The smallest absolute Gasteiger partial charge is 0.360 e. The van der Waals surface area contributed by atoms with Crippen LogP contribution >= 0.6 is 0 Å². The largest absolute Gasteiger partial charge is 0.464 e. The van der Waals surface area contributed by atoms with Crippen molar-refractivity contribution in [3.05, 3.63) is 29.8 Å². The first-order valence-corrected chi connectivity index (χ1v) is 4.43. The Balaban J connectivity index is 2.93. The van der Waals surface area contributed by atoms with E-state index < -0.39 is 17.6 Å². The van der Waals surface area contributed by atoms with Crippen molar-refractivity contribution >= 4 is 23.6 Å². The van der Waals surface area contributed by atoms with Gasteiger partial charge in [-0.15, -0.1) is 0 Å². The molecule has 2 N–H and O–H groups in total. The summed E-state index contributed by atoms with van der Waals surface area (Å²) in [4.78, 5) is 14.6. The van der Waals surface area contributed by atoms with E-state index in [4.69, 9.17) is 5.84 Å². The van der Waals surface area contributed by atoms with Gasteiger partial charge in [0.25, 0.3) is 0 Å². The maximum absolute atomic E-state index is 13.1. The van der Waals surface area contributed by atoms with Gasteiger partial charge in [0.2, 0.25) is 0 Å². The lowest BCUT2D eigenvalue weighted by Gasteiger charge is -1.98. The summed E-state index contributed by atoms with van der Waals surface area (Å²) >= 11 is 0. The van der Waals surface area contributed by atoms with Crippen LogP contribution in [0.3, 0.4) is 0 Å². The topological polar surface area (TPSA) is 77.0 Å². The Morgan fingerprint density at radius 1 is 1.47 bits per heavy atom. The molecule has 0 bridgehead atoms. The number of hydrazone groups is 1. The van der Waals surface area contributed by atoms with Crippen molar-refractivity contribution < 1.29 is 18.3 Å². The summed E-state index contributed by atoms with van der Waals surface area (Å²) in [6.45, 7) is 0. The molecule has 0 unspecified atom stereocenters. The third-order valence-electron chi connectivity index (χ3n) is 1.77. The van der Waals surface area contributed by atoms with Crippen molar-refractivity contribution in [3.63, 3.8) is 0 Å². The molecule has 0 atom stereocenters. The van der Waals surface area contributed by atoms with Crippen LogP contribution in [0.25, 0.3) is 0 Å². The number of carbonyl (C=O) groups excluding carboxylic acids is 1. The molecule has 0 aliphatic rings. The molecule has 0 aliphatic carbocycles. The Labute approximate surface area is 95.6 Å². The van der Waals surface area contributed by atoms with Gasteiger partial charge >= 0.3 is 5.97 Å². The first kappa shape index (κ1) is 12.8. The molecule has 0 saturated heterocycles. The van der Waals surface area contributed by atoms with Crippen LogP contribution in [0.4, 0.5) is 14.5 Å². The molecular formula is C10H9F2N3O2. The summed E-state index contributed by atoms with van der Waals surface area (Å²) in [6.07, 6.45) is 0.933. The summed E-state index contributed by atoms with van der Waals surface area (Å²) in [5.74, 6) is 2.53. The van der Waals surface area contributed by atoms with Crippen molar-refractivity contribution in [3.8, 4) is 0 Å².